The highest BCUT2D eigenvalue weighted by Crippen LogP contribution is 2.24. The number of likely N-dealkylation sites (N-methyl/N-ethyl adjacent to an activating group) is 1. The highest BCUT2D eigenvalue weighted by atomic mass is 16.2. The number of rotatable bonds is 5. The van der Waals surface area contributed by atoms with E-state index in [1.807, 2.05) is 17.0 Å². The number of carbonyl (C=O) groups is 1. The Bertz CT molecular complexity index is 749. The molecule has 1 saturated heterocycles. The summed E-state index contributed by atoms with van der Waals surface area (Å²) in [5.74, 6) is 0.839. The number of hydrogen-bond donors (Lipinski definition) is 1. The lowest BCUT2D eigenvalue weighted by Crippen LogP contribution is -2.48. The van der Waals surface area contributed by atoms with E-state index in [9.17, 15) is 4.79 Å². The number of hydrogen-bond acceptors (Lipinski definition) is 4. The first-order valence-electron chi connectivity index (χ1n) is 9.45. The number of nitrogens with zero attached hydrogens (tertiary/aromatic N) is 3. The molecule has 0 bridgehead atoms. The van der Waals surface area contributed by atoms with Crippen molar-refractivity contribution in [1.29, 1.82) is 0 Å². The zero-order valence-electron chi connectivity index (χ0n) is 16.0. The van der Waals surface area contributed by atoms with Crippen LogP contribution in [0.2, 0.25) is 0 Å². The Balaban J connectivity index is 1.68. The van der Waals surface area contributed by atoms with E-state index in [4.69, 9.17) is 0 Å². The van der Waals surface area contributed by atoms with E-state index in [2.05, 4.69) is 54.2 Å². The van der Waals surface area contributed by atoms with E-state index in [1.165, 1.54) is 11.1 Å². The molecular weight excluding hydrogens is 324 g/mol. The number of piperazine rings is 1. The van der Waals surface area contributed by atoms with Crippen LogP contribution >= 0.6 is 0 Å². The molecule has 0 aliphatic carbocycles. The van der Waals surface area contributed by atoms with Gasteiger partial charge in [-0.3, -0.25) is 4.79 Å². The van der Waals surface area contributed by atoms with E-state index in [0.717, 1.165) is 50.6 Å². The molecule has 1 N–H and O–H groups in total. The van der Waals surface area contributed by atoms with Crippen LogP contribution in [0.4, 0.5) is 11.5 Å². The standard InChI is InChI=1S/C21H28N4O/c1-4-17-8-6-7-16(3)20(17)23-19-10-9-18(15-22-19)21(26)25-13-11-24(5-2)12-14-25/h6-10,15H,4-5,11-14H2,1-3H3,(H,22,23). The van der Waals surface area contributed by atoms with Crippen LogP contribution in [-0.4, -0.2) is 53.4 Å². The molecule has 1 aliphatic rings. The minimum atomic E-state index is 0.0740. The molecule has 0 spiro atoms. The highest BCUT2D eigenvalue weighted by molar-refractivity contribution is 5.94. The summed E-state index contributed by atoms with van der Waals surface area (Å²) in [7, 11) is 0. The predicted octanol–water partition coefficient (Wildman–Crippen LogP) is 3.47. The third-order valence-electron chi connectivity index (χ3n) is 5.11. The predicted molar refractivity (Wildman–Crippen MR) is 106 cm³/mol. The van der Waals surface area contributed by atoms with Gasteiger partial charge in [0.15, 0.2) is 0 Å². The third-order valence-corrected chi connectivity index (χ3v) is 5.11. The fourth-order valence-corrected chi connectivity index (χ4v) is 3.37. The van der Waals surface area contributed by atoms with Gasteiger partial charge in [0.1, 0.15) is 5.82 Å². The molecule has 1 aromatic carbocycles. The van der Waals surface area contributed by atoms with E-state index >= 15 is 0 Å². The molecule has 26 heavy (non-hydrogen) atoms. The Morgan fingerprint density at radius 3 is 2.50 bits per heavy atom. The van der Waals surface area contributed by atoms with Gasteiger partial charge in [0.2, 0.25) is 0 Å². The van der Waals surface area contributed by atoms with Crippen molar-refractivity contribution in [3.63, 3.8) is 0 Å². The molecule has 0 atom stereocenters. The summed E-state index contributed by atoms with van der Waals surface area (Å²) in [6.07, 6.45) is 2.64. The summed E-state index contributed by atoms with van der Waals surface area (Å²) in [6, 6.07) is 10.1. The Morgan fingerprint density at radius 2 is 1.88 bits per heavy atom. The summed E-state index contributed by atoms with van der Waals surface area (Å²) in [6.45, 7) is 10.9. The minimum Gasteiger partial charge on any atom is -0.340 e. The quantitative estimate of drug-likeness (QED) is 0.895. The largest absolute Gasteiger partial charge is 0.340 e. The monoisotopic (exact) mass is 352 g/mol. The molecule has 2 aromatic rings. The fraction of sp³-hybridized carbons (Fsp3) is 0.429. The summed E-state index contributed by atoms with van der Waals surface area (Å²) in [4.78, 5) is 21.4. The van der Waals surface area contributed by atoms with Gasteiger partial charge in [-0.1, -0.05) is 32.0 Å². The Kier molecular flexibility index (Phi) is 5.89. The molecule has 2 heterocycles. The Morgan fingerprint density at radius 1 is 1.12 bits per heavy atom. The molecule has 5 nitrogen and oxygen atoms in total. The lowest BCUT2D eigenvalue weighted by Gasteiger charge is -2.34. The second kappa shape index (κ2) is 8.32. The second-order valence-electron chi connectivity index (χ2n) is 6.75. The van der Waals surface area contributed by atoms with E-state index in [-0.39, 0.29) is 5.91 Å². The third kappa shape index (κ3) is 4.05. The molecule has 5 heteroatoms. The number of carbonyl (C=O) groups excluding carboxylic acids is 1. The van der Waals surface area contributed by atoms with Crippen LogP contribution in [0, 0.1) is 6.92 Å². The maximum Gasteiger partial charge on any atom is 0.255 e. The first-order chi connectivity index (χ1) is 12.6. The SMILES string of the molecule is CCc1cccc(C)c1Nc1ccc(C(=O)N2CCN(CC)CC2)cn1. The van der Waals surface area contributed by atoms with E-state index in [1.54, 1.807) is 6.20 Å². The molecule has 138 valence electrons. The van der Waals surface area contributed by atoms with Crippen molar-refractivity contribution in [3.8, 4) is 0 Å². The van der Waals surface area contributed by atoms with Gasteiger partial charge in [0, 0.05) is 38.1 Å². The van der Waals surface area contributed by atoms with Gasteiger partial charge < -0.3 is 15.1 Å². The summed E-state index contributed by atoms with van der Waals surface area (Å²) >= 11 is 0. The number of aromatic nitrogens is 1. The molecule has 1 aliphatic heterocycles. The van der Waals surface area contributed by atoms with Gasteiger partial charge in [0.25, 0.3) is 5.91 Å². The van der Waals surface area contributed by atoms with E-state index in [0.29, 0.717) is 5.56 Å². The zero-order valence-corrected chi connectivity index (χ0v) is 16.0. The number of aryl methyl sites for hydroxylation is 2. The molecule has 1 aromatic heterocycles. The first-order valence-corrected chi connectivity index (χ1v) is 9.45. The molecule has 0 saturated carbocycles. The zero-order chi connectivity index (χ0) is 18.5. The van der Waals surface area contributed by atoms with Gasteiger partial charge in [-0.25, -0.2) is 4.98 Å². The lowest BCUT2D eigenvalue weighted by molar-refractivity contribution is 0.0643. The number of nitrogens with one attached hydrogen (secondary N) is 1. The van der Waals surface area contributed by atoms with E-state index < -0.39 is 0 Å². The van der Waals surface area contributed by atoms with Gasteiger partial charge in [-0.15, -0.1) is 0 Å². The number of anilines is 2. The van der Waals surface area contributed by atoms with Crippen molar-refractivity contribution in [2.45, 2.75) is 27.2 Å². The van der Waals surface area contributed by atoms with Gasteiger partial charge in [-0.05, 0) is 43.1 Å². The van der Waals surface area contributed by atoms with Crippen LogP contribution < -0.4 is 5.32 Å². The number of benzene rings is 1. The molecule has 0 unspecified atom stereocenters. The maximum absolute atomic E-state index is 12.7. The number of pyridine rings is 1. The van der Waals surface area contributed by atoms with Crippen molar-refractivity contribution in [2.24, 2.45) is 0 Å². The van der Waals surface area contributed by atoms with Crippen LogP contribution in [0.3, 0.4) is 0 Å². The van der Waals surface area contributed by atoms with Crippen molar-refractivity contribution >= 4 is 17.4 Å². The highest BCUT2D eigenvalue weighted by Gasteiger charge is 2.21. The average molecular weight is 352 g/mol. The summed E-state index contributed by atoms with van der Waals surface area (Å²) in [5, 5.41) is 3.41. The minimum absolute atomic E-state index is 0.0740. The molecule has 3 rings (SSSR count). The van der Waals surface area contributed by atoms with Gasteiger partial charge >= 0.3 is 0 Å². The normalized spacial score (nSPS) is 15.1. The van der Waals surface area contributed by atoms with Crippen LogP contribution in [-0.2, 0) is 6.42 Å². The van der Waals surface area contributed by atoms with Crippen LogP contribution in [0.5, 0.6) is 0 Å². The topological polar surface area (TPSA) is 48.5 Å². The van der Waals surface area contributed by atoms with Crippen LogP contribution in [0.1, 0.15) is 35.3 Å². The van der Waals surface area contributed by atoms with Crippen molar-refractivity contribution in [3.05, 3.63) is 53.2 Å². The van der Waals surface area contributed by atoms with Crippen molar-refractivity contribution < 1.29 is 4.79 Å². The number of para-hydroxylation sites is 1. The summed E-state index contributed by atoms with van der Waals surface area (Å²) < 4.78 is 0. The molecule has 1 amide bonds. The molecule has 0 radical (unpaired) electrons. The second-order valence-corrected chi connectivity index (χ2v) is 6.75. The summed E-state index contributed by atoms with van der Waals surface area (Å²) in [5.41, 5.74) is 4.22. The van der Waals surface area contributed by atoms with Crippen molar-refractivity contribution in [1.82, 2.24) is 14.8 Å². The Labute approximate surface area is 156 Å². The first kappa shape index (κ1) is 18.4. The Hall–Kier alpha value is -2.40. The van der Waals surface area contributed by atoms with Crippen molar-refractivity contribution in [2.75, 3.05) is 38.0 Å². The van der Waals surface area contributed by atoms with Crippen LogP contribution in [0.25, 0.3) is 0 Å². The number of amides is 1. The lowest BCUT2D eigenvalue weighted by atomic mass is 10.1. The smallest absolute Gasteiger partial charge is 0.255 e. The van der Waals surface area contributed by atoms with Crippen LogP contribution in [0.15, 0.2) is 36.5 Å². The fourth-order valence-electron chi connectivity index (χ4n) is 3.37. The molecule has 1 fully saturated rings. The maximum atomic E-state index is 12.7. The average Bonchev–Trinajstić information content (AvgIpc) is 2.69. The molecular formula is C21H28N4O. The van der Waals surface area contributed by atoms with Gasteiger partial charge in [0.05, 0.1) is 5.56 Å². The van der Waals surface area contributed by atoms with Gasteiger partial charge in [-0.2, -0.15) is 0 Å².